The van der Waals surface area contributed by atoms with Crippen LogP contribution in [0.25, 0.3) is 0 Å². The summed E-state index contributed by atoms with van der Waals surface area (Å²) in [6.45, 7) is 0.453. The first kappa shape index (κ1) is 13.2. The third-order valence-corrected chi connectivity index (χ3v) is 3.83. The van der Waals surface area contributed by atoms with Gasteiger partial charge in [-0.1, -0.05) is 29.3 Å². The highest BCUT2D eigenvalue weighted by molar-refractivity contribution is 6.43. The summed E-state index contributed by atoms with van der Waals surface area (Å²) in [5.74, 6) is 0.359. The quantitative estimate of drug-likeness (QED) is 0.892. The van der Waals surface area contributed by atoms with Crippen LogP contribution in [-0.2, 0) is 0 Å². The SMILES string of the molecule is O=C(NC1CCOc2c1ccc(Cl)c2Cl)c1ncn[nH]1. The Hall–Kier alpha value is -1.79. The number of ether oxygens (including phenoxy) is 1. The van der Waals surface area contributed by atoms with Gasteiger partial charge < -0.3 is 10.1 Å². The molecule has 1 unspecified atom stereocenters. The predicted molar refractivity (Wildman–Crippen MR) is 73.2 cm³/mol. The van der Waals surface area contributed by atoms with Crippen LogP contribution in [0.4, 0.5) is 0 Å². The minimum Gasteiger partial charge on any atom is -0.492 e. The number of hydrogen-bond acceptors (Lipinski definition) is 4. The smallest absolute Gasteiger partial charge is 0.289 e. The van der Waals surface area contributed by atoms with E-state index in [1.165, 1.54) is 6.33 Å². The molecule has 0 fully saturated rings. The van der Waals surface area contributed by atoms with Crippen LogP contribution in [0.5, 0.6) is 5.75 Å². The second kappa shape index (κ2) is 5.30. The van der Waals surface area contributed by atoms with Gasteiger partial charge in [-0.2, -0.15) is 5.10 Å². The van der Waals surface area contributed by atoms with Crippen LogP contribution in [-0.4, -0.2) is 27.7 Å². The first-order valence-electron chi connectivity index (χ1n) is 5.93. The molecule has 0 spiro atoms. The van der Waals surface area contributed by atoms with E-state index < -0.39 is 0 Å². The molecule has 1 aromatic carbocycles. The zero-order valence-electron chi connectivity index (χ0n) is 10.2. The Morgan fingerprint density at radius 2 is 2.30 bits per heavy atom. The minimum absolute atomic E-state index is 0.165. The van der Waals surface area contributed by atoms with Gasteiger partial charge in [0.25, 0.3) is 5.91 Å². The highest BCUT2D eigenvalue weighted by atomic mass is 35.5. The van der Waals surface area contributed by atoms with Gasteiger partial charge in [-0.05, 0) is 6.07 Å². The molecular formula is C12H10Cl2N4O2. The van der Waals surface area contributed by atoms with E-state index in [-0.39, 0.29) is 17.8 Å². The standard InChI is InChI=1S/C12H10Cl2N4O2/c13-7-2-1-6-8(3-4-20-10(6)9(7)14)17-12(19)11-15-5-16-18-11/h1-2,5,8H,3-4H2,(H,17,19)(H,15,16,18). The van der Waals surface area contributed by atoms with Gasteiger partial charge in [-0.25, -0.2) is 4.98 Å². The van der Waals surface area contributed by atoms with Crippen molar-refractivity contribution in [3.63, 3.8) is 0 Å². The van der Waals surface area contributed by atoms with Crippen molar-refractivity contribution in [2.45, 2.75) is 12.5 Å². The maximum atomic E-state index is 12.0. The number of rotatable bonds is 2. The summed E-state index contributed by atoms with van der Waals surface area (Å²) in [6, 6.07) is 3.28. The fraction of sp³-hybridized carbons (Fsp3) is 0.250. The van der Waals surface area contributed by atoms with E-state index in [9.17, 15) is 4.79 Å². The second-order valence-corrected chi connectivity index (χ2v) is 5.06. The molecule has 2 N–H and O–H groups in total. The Morgan fingerprint density at radius 3 is 3.05 bits per heavy atom. The van der Waals surface area contributed by atoms with E-state index in [1.54, 1.807) is 12.1 Å². The zero-order valence-corrected chi connectivity index (χ0v) is 11.7. The Morgan fingerprint density at radius 1 is 1.45 bits per heavy atom. The van der Waals surface area contributed by atoms with E-state index in [1.807, 2.05) is 0 Å². The average Bonchev–Trinajstić information content (AvgIpc) is 2.97. The highest BCUT2D eigenvalue weighted by Gasteiger charge is 2.26. The van der Waals surface area contributed by atoms with E-state index in [2.05, 4.69) is 20.5 Å². The van der Waals surface area contributed by atoms with Crippen molar-refractivity contribution in [3.05, 3.63) is 39.9 Å². The van der Waals surface area contributed by atoms with Crippen molar-refractivity contribution in [2.24, 2.45) is 0 Å². The van der Waals surface area contributed by atoms with Crippen molar-refractivity contribution in [1.82, 2.24) is 20.5 Å². The molecule has 1 amide bonds. The van der Waals surface area contributed by atoms with Crippen molar-refractivity contribution < 1.29 is 9.53 Å². The average molecular weight is 313 g/mol. The van der Waals surface area contributed by atoms with Gasteiger partial charge in [0.1, 0.15) is 17.1 Å². The summed E-state index contributed by atoms with van der Waals surface area (Å²) in [5, 5.41) is 9.82. The van der Waals surface area contributed by atoms with Crippen LogP contribution in [0, 0.1) is 0 Å². The maximum Gasteiger partial charge on any atom is 0.289 e. The van der Waals surface area contributed by atoms with Crippen LogP contribution >= 0.6 is 23.2 Å². The van der Waals surface area contributed by atoms with Gasteiger partial charge in [-0.3, -0.25) is 9.89 Å². The molecule has 1 aromatic heterocycles. The lowest BCUT2D eigenvalue weighted by atomic mass is 10.0. The molecule has 2 heterocycles. The molecule has 6 nitrogen and oxygen atoms in total. The summed E-state index contributed by atoms with van der Waals surface area (Å²) < 4.78 is 5.53. The molecule has 0 aliphatic carbocycles. The van der Waals surface area contributed by atoms with Crippen LogP contribution < -0.4 is 10.1 Å². The fourth-order valence-electron chi connectivity index (χ4n) is 2.09. The summed E-state index contributed by atoms with van der Waals surface area (Å²) >= 11 is 12.1. The van der Waals surface area contributed by atoms with Crippen LogP contribution in [0.3, 0.4) is 0 Å². The largest absolute Gasteiger partial charge is 0.492 e. The summed E-state index contributed by atoms with van der Waals surface area (Å²) in [6.07, 6.45) is 1.92. The first-order chi connectivity index (χ1) is 9.66. The minimum atomic E-state index is -0.327. The lowest BCUT2D eigenvalue weighted by Crippen LogP contribution is -2.32. The van der Waals surface area contributed by atoms with Gasteiger partial charge in [0.15, 0.2) is 0 Å². The number of carbonyl (C=O) groups excluding carboxylic acids is 1. The molecule has 0 saturated heterocycles. The Bertz CT molecular complexity index is 645. The van der Waals surface area contributed by atoms with Crippen LogP contribution in [0.15, 0.2) is 18.5 Å². The van der Waals surface area contributed by atoms with Crippen molar-refractivity contribution in [2.75, 3.05) is 6.61 Å². The zero-order chi connectivity index (χ0) is 14.1. The number of carbonyl (C=O) groups is 1. The van der Waals surface area contributed by atoms with E-state index >= 15 is 0 Å². The maximum absolute atomic E-state index is 12.0. The lowest BCUT2D eigenvalue weighted by Gasteiger charge is -2.27. The van der Waals surface area contributed by atoms with Crippen LogP contribution in [0.2, 0.25) is 10.0 Å². The Kier molecular flexibility index (Phi) is 3.50. The number of benzene rings is 1. The summed E-state index contributed by atoms with van der Waals surface area (Å²) in [4.78, 5) is 15.8. The van der Waals surface area contributed by atoms with E-state index in [0.29, 0.717) is 28.8 Å². The Balaban J connectivity index is 1.87. The second-order valence-electron chi connectivity index (χ2n) is 4.28. The number of hydrogen-bond donors (Lipinski definition) is 2. The van der Waals surface area contributed by atoms with Gasteiger partial charge in [-0.15, -0.1) is 0 Å². The Labute approximate surface area is 124 Å². The van der Waals surface area contributed by atoms with E-state index in [0.717, 1.165) is 5.56 Å². The third-order valence-electron chi connectivity index (χ3n) is 3.04. The van der Waals surface area contributed by atoms with E-state index in [4.69, 9.17) is 27.9 Å². The van der Waals surface area contributed by atoms with Gasteiger partial charge in [0.05, 0.1) is 17.7 Å². The molecule has 1 atom stereocenters. The number of halogens is 2. The topological polar surface area (TPSA) is 79.9 Å². The highest BCUT2D eigenvalue weighted by Crippen LogP contribution is 2.41. The van der Waals surface area contributed by atoms with Gasteiger partial charge in [0.2, 0.25) is 5.82 Å². The number of aromatic nitrogens is 3. The molecule has 3 rings (SSSR count). The molecule has 2 aromatic rings. The summed E-state index contributed by atoms with van der Waals surface area (Å²) in [7, 11) is 0. The molecule has 104 valence electrons. The third kappa shape index (κ3) is 2.32. The number of nitrogens with one attached hydrogen (secondary N) is 2. The molecule has 1 aliphatic rings. The first-order valence-corrected chi connectivity index (χ1v) is 6.69. The van der Waals surface area contributed by atoms with Gasteiger partial charge in [0, 0.05) is 12.0 Å². The van der Waals surface area contributed by atoms with Crippen LogP contribution in [0.1, 0.15) is 28.6 Å². The van der Waals surface area contributed by atoms with Gasteiger partial charge >= 0.3 is 0 Å². The number of amides is 1. The molecule has 0 saturated carbocycles. The van der Waals surface area contributed by atoms with Crippen molar-refractivity contribution in [1.29, 1.82) is 0 Å². The summed E-state index contributed by atoms with van der Waals surface area (Å²) in [5.41, 5.74) is 0.804. The lowest BCUT2D eigenvalue weighted by molar-refractivity contribution is 0.0914. The molecule has 0 radical (unpaired) electrons. The normalized spacial score (nSPS) is 17.2. The van der Waals surface area contributed by atoms with Crippen molar-refractivity contribution >= 4 is 29.1 Å². The number of fused-ring (bicyclic) bond motifs is 1. The number of aromatic amines is 1. The number of nitrogens with zero attached hydrogens (tertiary/aromatic N) is 2. The van der Waals surface area contributed by atoms with Crippen molar-refractivity contribution in [3.8, 4) is 5.75 Å². The monoisotopic (exact) mass is 312 g/mol. The fourth-order valence-corrected chi connectivity index (χ4v) is 2.47. The molecule has 0 bridgehead atoms. The number of H-pyrrole nitrogens is 1. The predicted octanol–water partition coefficient (Wildman–Crippen LogP) is 2.37. The molecule has 8 heteroatoms. The molecule has 20 heavy (non-hydrogen) atoms. The molecule has 1 aliphatic heterocycles. The molecular weight excluding hydrogens is 303 g/mol.